The third-order valence-corrected chi connectivity index (χ3v) is 2.09. The second kappa shape index (κ2) is 5.85. The van der Waals surface area contributed by atoms with Gasteiger partial charge in [-0.2, -0.15) is 0 Å². The van der Waals surface area contributed by atoms with Crippen LogP contribution in [-0.2, 0) is 7.05 Å². The van der Waals surface area contributed by atoms with Crippen molar-refractivity contribution in [1.82, 2.24) is 9.55 Å². The minimum Gasteiger partial charge on any atom is -0.331 e. The van der Waals surface area contributed by atoms with Crippen LogP contribution in [0.15, 0.2) is 36.5 Å². The zero-order valence-electron chi connectivity index (χ0n) is 9.84. The van der Waals surface area contributed by atoms with Crippen LogP contribution in [0.1, 0.15) is 24.5 Å². The monoisotopic (exact) mass is 216 g/mol. The molecule has 0 atom stereocenters. The highest BCUT2D eigenvalue weighted by Crippen LogP contribution is 2.16. The van der Waals surface area contributed by atoms with Crippen LogP contribution in [0.5, 0.6) is 0 Å². The first kappa shape index (κ1) is 12.2. The number of benzene rings is 1. The Balaban J connectivity index is 0.000000606. The summed E-state index contributed by atoms with van der Waals surface area (Å²) in [5, 5.41) is 0. The number of rotatable bonds is 2. The first-order chi connectivity index (χ1) is 7.81. The van der Waals surface area contributed by atoms with Crippen LogP contribution in [-0.4, -0.2) is 15.8 Å². The lowest BCUT2D eigenvalue weighted by Crippen LogP contribution is -1.92. The van der Waals surface area contributed by atoms with E-state index in [-0.39, 0.29) is 0 Å². The molecule has 16 heavy (non-hydrogen) atoms. The van der Waals surface area contributed by atoms with Gasteiger partial charge in [0.25, 0.3) is 0 Å². The van der Waals surface area contributed by atoms with E-state index in [1.807, 2.05) is 57.4 Å². The summed E-state index contributed by atoms with van der Waals surface area (Å²) in [6.07, 6.45) is 2.60. The third kappa shape index (κ3) is 2.57. The summed E-state index contributed by atoms with van der Waals surface area (Å²) in [7, 11) is 1.81. The van der Waals surface area contributed by atoms with Gasteiger partial charge in [0.15, 0.2) is 12.1 Å². The molecule has 0 aliphatic carbocycles. The average Bonchev–Trinajstić information content (AvgIpc) is 2.74. The molecule has 0 fully saturated rings. The highest BCUT2D eigenvalue weighted by atomic mass is 16.1. The van der Waals surface area contributed by atoms with Crippen molar-refractivity contribution in [3.63, 3.8) is 0 Å². The zero-order valence-corrected chi connectivity index (χ0v) is 9.84. The minimum absolute atomic E-state index is 0.448. The summed E-state index contributed by atoms with van der Waals surface area (Å²) >= 11 is 0. The molecule has 0 saturated heterocycles. The molecule has 0 unspecified atom stereocenters. The smallest absolute Gasteiger partial charge is 0.185 e. The number of hydrogen-bond acceptors (Lipinski definition) is 2. The van der Waals surface area contributed by atoms with E-state index in [9.17, 15) is 4.79 Å². The molecule has 84 valence electrons. The van der Waals surface area contributed by atoms with Crippen molar-refractivity contribution < 1.29 is 4.79 Å². The number of hydrogen-bond donors (Lipinski definition) is 0. The van der Waals surface area contributed by atoms with Crippen molar-refractivity contribution in [3.05, 3.63) is 42.4 Å². The standard InChI is InChI=1S/C11H10N2O.C2H6/c1-13-7-10(12-11(13)8-14)9-5-3-2-4-6-9;1-2/h2-8H,1H3;1-2H3. The van der Waals surface area contributed by atoms with Crippen LogP contribution in [0.25, 0.3) is 11.3 Å². The number of carbonyl (C=O) groups excluding carboxylic acids is 1. The number of carbonyl (C=O) groups is 1. The summed E-state index contributed by atoms with van der Waals surface area (Å²) in [5.41, 5.74) is 1.85. The highest BCUT2D eigenvalue weighted by Gasteiger charge is 2.04. The van der Waals surface area contributed by atoms with Crippen LogP contribution in [0.3, 0.4) is 0 Å². The molecule has 1 aromatic heterocycles. The van der Waals surface area contributed by atoms with Gasteiger partial charge >= 0.3 is 0 Å². The highest BCUT2D eigenvalue weighted by molar-refractivity contribution is 5.72. The summed E-state index contributed by atoms with van der Waals surface area (Å²) in [6, 6.07) is 9.79. The fraction of sp³-hybridized carbons (Fsp3) is 0.231. The maximum atomic E-state index is 10.6. The second-order valence-electron chi connectivity index (χ2n) is 3.08. The SMILES string of the molecule is CC.Cn1cc(-c2ccccc2)nc1C=O. The quantitative estimate of drug-likeness (QED) is 0.723. The molecule has 0 saturated carbocycles. The van der Waals surface area contributed by atoms with E-state index in [0.717, 1.165) is 17.5 Å². The van der Waals surface area contributed by atoms with E-state index < -0.39 is 0 Å². The lowest BCUT2D eigenvalue weighted by molar-refractivity contribution is 0.111. The largest absolute Gasteiger partial charge is 0.331 e. The van der Waals surface area contributed by atoms with Crippen LogP contribution < -0.4 is 0 Å². The summed E-state index contributed by atoms with van der Waals surface area (Å²) in [4.78, 5) is 14.8. The van der Waals surface area contributed by atoms with Gasteiger partial charge in [0.2, 0.25) is 0 Å². The van der Waals surface area contributed by atoms with Crippen molar-refractivity contribution in [1.29, 1.82) is 0 Å². The molecular weight excluding hydrogens is 200 g/mol. The number of imidazole rings is 1. The van der Waals surface area contributed by atoms with E-state index in [1.165, 1.54) is 0 Å². The van der Waals surface area contributed by atoms with Crippen molar-refractivity contribution in [2.45, 2.75) is 13.8 Å². The fourth-order valence-electron chi connectivity index (χ4n) is 1.34. The predicted octanol–water partition coefficient (Wildman–Crippen LogP) is 2.93. The Hall–Kier alpha value is -1.90. The molecule has 0 aliphatic heterocycles. The van der Waals surface area contributed by atoms with Crippen LogP contribution in [0, 0.1) is 0 Å². The van der Waals surface area contributed by atoms with Gasteiger partial charge in [-0.25, -0.2) is 4.98 Å². The van der Waals surface area contributed by atoms with Gasteiger partial charge in [0.1, 0.15) is 0 Å². The normalized spacial score (nSPS) is 9.19. The van der Waals surface area contributed by atoms with Gasteiger partial charge in [-0.15, -0.1) is 0 Å². The zero-order chi connectivity index (χ0) is 12.0. The molecule has 1 heterocycles. The molecular formula is C13H16N2O. The maximum absolute atomic E-state index is 10.6. The molecule has 3 heteroatoms. The van der Waals surface area contributed by atoms with Crippen molar-refractivity contribution >= 4 is 6.29 Å². The molecule has 1 aromatic carbocycles. The van der Waals surface area contributed by atoms with Crippen molar-refractivity contribution in [2.75, 3.05) is 0 Å². The minimum atomic E-state index is 0.448. The lowest BCUT2D eigenvalue weighted by Gasteiger charge is -1.92. The van der Waals surface area contributed by atoms with Gasteiger partial charge in [0, 0.05) is 18.8 Å². The molecule has 0 N–H and O–H groups in total. The molecule has 2 aromatic rings. The van der Waals surface area contributed by atoms with Crippen LogP contribution in [0.4, 0.5) is 0 Å². The Morgan fingerprint density at radius 2 is 1.81 bits per heavy atom. The van der Waals surface area contributed by atoms with E-state index in [2.05, 4.69) is 4.98 Å². The van der Waals surface area contributed by atoms with Crippen LogP contribution >= 0.6 is 0 Å². The number of nitrogens with zero attached hydrogens (tertiary/aromatic N) is 2. The van der Waals surface area contributed by atoms with Gasteiger partial charge in [0.05, 0.1) is 5.69 Å². The Morgan fingerprint density at radius 3 is 2.31 bits per heavy atom. The molecule has 0 aliphatic rings. The lowest BCUT2D eigenvalue weighted by atomic mass is 10.2. The number of aromatic nitrogens is 2. The Bertz CT molecular complexity index is 446. The fourth-order valence-corrected chi connectivity index (χ4v) is 1.34. The van der Waals surface area contributed by atoms with Gasteiger partial charge in [-0.05, 0) is 0 Å². The Kier molecular flexibility index (Phi) is 4.45. The molecule has 3 nitrogen and oxygen atoms in total. The second-order valence-corrected chi connectivity index (χ2v) is 3.08. The van der Waals surface area contributed by atoms with Gasteiger partial charge in [-0.3, -0.25) is 4.79 Å². The van der Waals surface area contributed by atoms with E-state index >= 15 is 0 Å². The maximum Gasteiger partial charge on any atom is 0.185 e. The number of aryl methyl sites for hydroxylation is 1. The molecule has 0 spiro atoms. The first-order valence-electron chi connectivity index (χ1n) is 5.35. The Morgan fingerprint density at radius 1 is 1.19 bits per heavy atom. The van der Waals surface area contributed by atoms with Gasteiger partial charge in [-0.1, -0.05) is 44.2 Å². The molecule has 2 rings (SSSR count). The third-order valence-electron chi connectivity index (χ3n) is 2.09. The van der Waals surface area contributed by atoms with Gasteiger partial charge < -0.3 is 4.57 Å². The molecule has 0 bridgehead atoms. The first-order valence-corrected chi connectivity index (χ1v) is 5.35. The Labute approximate surface area is 95.8 Å². The molecule has 0 amide bonds. The topological polar surface area (TPSA) is 34.9 Å². The van der Waals surface area contributed by atoms with E-state index in [1.54, 1.807) is 4.57 Å². The van der Waals surface area contributed by atoms with E-state index in [4.69, 9.17) is 0 Å². The summed E-state index contributed by atoms with van der Waals surface area (Å²) < 4.78 is 1.72. The summed E-state index contributed by atoms with van der Waals surface area (Å²) in [5.74, 6) is 0.448. The van der Waals surface area contributed by atoms with Crippen molar-refractivity contribution in [2.24, 2.45) is 7.05 Å². The number of aldehydes is 1. The van der Waals surface area contributed by atoms with E-state index in [0.29, 0.717) is 5.82 Å². The predicted molar refractivity (Wildman–Crippen MR) is 65.4 cm³/mol. The average molecular weight is 216 g/mol. The summed E-state index contributed by atoms with van der Waals surface area (Å²) in [6.45, 7) is 4.00. The van der Waals surface area contributed by atoms with Crippen molar-refractivity contribution in [3.8, 4) is 11.3 Å². The van der Waals surface area contributed by atoms with Crippen LogP contribution in [0.2, 0.25) is 0 Å². The molecule has 0 radical (unpaired) electrons.